The van der Waals surface area contributed by atoms with Crippen molar-refractivity contribution < 1.29 is 22.6 Å². The monoisotopic (exact) mass is 434 g/mol. The Labute approximate surface area is 183 Å². The van der Waals surface area contributed by atoms with E-state index in [1.165, 1.54) is 18.2 Å². The van der Waals surface area contributed by atoms with Crippen molar-refractivity contribution >= 4 is 0 Å². The van der Waals surface area contributed by atoms with Gasteiger partial charge in [0.25, 0.3) is 0 Å². The number of hydrogen-bond donors (Lipinski definition) is 0. The largest absolute Gasteiger partial charge is 0.376 e. The molecule has 0 N–H and O–H groups in total. The molecule has 0 aromatic heterocycles. The molecule has 2 atom stereocenters. The van der Waals surface area contributed by atoms with Gasteiger partial charge in [-0.15, -0.1) is 0 Å². The van der Waals surface area contributed by atoms with E-state index in [9.17, 15) is 13.2 Å². The summed E-state index contributed by atoms with van der Waals surface area (Å²) in [5, 5.41) is 0. The molecule has 1 aliphatic rings. The topological polar surface area (TPSA) is 18.5 Å². The molecule has 2 unspecified atom stereocenters. The number of aryl methyl sites for hydroxylation is 1. The number of ether oxygens (including phenoxy) is 2. The molecule has 0 radical (unpaired) electrons. The van der Waals surface area contributed by atoms with E-state index in [0.29, 0.717) is 24.2 Å². The molecule has 31 heavy (non-hydrogen) atoms. The first kappa shape index (κ1) is 23.8. The van der Waals surface area contributed by atoms with E-state index in [1.54, 1.807) is 12.1 Å². The van der Waals surface area contributed by atoms with Gasteiger partial charge < -0.3 is 9.47 Å². The summed E-state index contributed by atoms with van der Waals surface area (Å²) in [5.74, 6) is -2.44. The van der Waals surface area contributed by atoms with Gasteiger partial charge in [0, 0.05) is 17.7 Å². The second-order valence-electron chi connectivity index (χ2n) is 8.34. The average Bonchev–Trinajstić information content (AvgIpc) is 2.78. The minimum atomic E-state index is -0.989. The Hall–Kier alpha value is -1.85. The molecule has 2 aromatic carbocycles. The van der Waals surface area contributed by atoms with Gasteiger partial charge in [0.2, 0.25) is 0 Å². The molecule has 3 rings (SSSR count). The SMILES string of the molecule is CCCCCOC1CCC(c2ccc(-c3ccc(CCCC)c(F)c3F)c(F)c2)OC1. The van der Waals surface area contributed by atoms with E-state index in [-0.39, 0.29) is 23.3 Å². The van der Waals surface area contributed by atoms with Crippen LogP contribution < -0.4 is 0 Å². The summed E-state index contributed by atoms with van der Waals surface area (Å²) in [6.07, 6.45) is 7.01. The Morgan fingerprint density at radius 2 is 1.68 bits per heavy atom. The Morgan fingerprint density at radius 3 is 2.35 bits per heavy atom. The first-order chi connectivity index (χ1) is 15.0. The molecule has 2 nitrogen and oxygen atoms in total. The molecule has 1 heterocycles. The predicted molar refractivity (Wildman–Crippen MR) is 118 cm³/mol. The van der Waals surface area contributed by atoms with Crippen molar-refractivity contribution in [3.8, 4) is 11.1 Å². The number of unbranched alkanes of at least 4 members (excludes halogenated alkanes) is 3. The Bertz CT molecular complexity index is 845. The standard InChI is InChI=1S/C26H33F3O2/c1-3-5-7-15-30-20-11-14-24(31-17-20)19-10-12-21(23(27)16-19)22-13-9-18(8-6-4-2)25(28)26(22)29/h9-10,12-13,16,20,24H,3-8,11,14-15,17H2,1-2H3. The normalized spacial score (nSPS) is 19.0. The fourth-order valence-electron chi connectivity index (χ4n) is 4.03. The lowest BCUT2D eigenvalue weighted by atomic mass is 9.95. The summed E-state index contributed by atoms with van der Waals surface area (Å²) in [6.45, 7) is 5.39. The van der Waals surface area contributed by atoms with Gasteiger partial charge in [0.05, 0.1) is 18.8 Å². The minimum Gasteiger partial charge on any atom is -0.376 e. The van der Waals surface area contributed by atoms with Crippen LogP contribution in [0.15, 0.2) is 30.3 Å². The summed E-state index contributed by atoms with van der Waals surface area (Å²) in [6, 6.07) is 7.67. The van der Waals surface area contributed by atoms with Crippen molar-refractivity contribution in [1.82, 2.24) is 0 Å². The van der Waals surface area contributed by atoms with Crippen LogP contribution in [0.5, 0.6) is 0 Å². The summed E-state index contributed by atoms with van der Waals surface area (Å²) < 4.78 is 55.6. The molecular weight excluding hydrogens is 401 g/mol. The number of halogens is 3. The van der Waals surface area contributed by atoms with Gasteiger partial charge in [-0.05, 0) is 49.3 Å². The van der Waals surface area contributed by atoms with Gasteiger partial charge in [-0.1, -0.05) is 57.4 Å². The molecular formula is C26H33F3O2. The van der Waals surface area contributed by atoms with Crippen LogP contribution >= 0.6 is 0 Å². The first-order valence-corrected chi connectivity index (χ1v) is 11.5. The van der Waals surface area contributed by atoms with Crippen LogP contribution in [0.1, 0.15) is 76.0 Å². The highest BCUT2D eigenvalue weighted by Crippen LogP contribution is 2.34. The lowest BCUT2D eigenvalue weighted by molar-refractivity contribution is -0.0873. The second-order valence-corrected chi connectivity index (χ2v) is 8.34. The van der Waals surface area contributed by atoms with Crippen molar-refractivity contribution in [2.45, 2.75) is 77.4 Å². The summed E-state index contributed by atoms with van der Waals surface area (Å²) in [5.41, 5.74) is 1.07. The quantitative estimate of drug-likeness (QED) is 0.360. The maximum absolute atomic E-state index is 14.9. The Kier molecular flexibility index (Phi) is 8.97. The lowest BCUT2D eigenvalue weighted by Gasteiger charge is -2.29. The molecule has 1 saturated heterocycles. The molecule has 2 aromatic rings. The highest BCUT2D eigenvalue weighted by atomic mass is 19.2. The van der Waals surface area contributed by atoms with E-state index in [0.717, 1.165) is 51.6 Å². The molecule has 1 aliphatic heterocycles. The van der Waals surface area contributed by atoms with Gasteiger partial charge in [-0.25, -0.2) is 13.2 Å². The smallest absolute Gasteiger partial charge is 0.167 e. The Morgan fingerprint density at radius 1 is 0.903 bits per heavy atom. The van der Waals surface area contributed by atoms with Crippen molar-refractivity contribution in [2.75, 3.05) is 13.2 Å². The van der Waals surface area contributed by atoms with E-state index < -0.39 is 17.5 Å². The highest BCUT2D eigenvalue weighted by Gasteiger charge is 2.25. The third-order valence-electron chi connectivity index (χ3n) is 5.95. The van der Waals surface area contributed by atoms with E-state index in [1.807, 2.05) is 6.92 Å². The van der Waals surface area contributed by atoms with Crippen LogP contribution in [0.25, 0.3) is 11.1 Å². The van der Waals surface area contributed by atoms with E-state index in [4.69, 9.17) is 9.47 Å². The average molecular weight is 435 g/mol. The fraction of sp³-hybridized carbons (Fsp3) is 0.538. The maximum atomic E-state index is 14.9. The molecule has 0 spiro atoms. The van der Waals surface area contributed by atoms with Crippen LogP contribution in [0, 0.1) is 17.5 Å². The zero-order valence-electron chi connectivity index (χ0n) is 18.6. The van der Waals surface area contributed by atoms with Gasteiger partial charge in [-0.2, -0.15) is 0 Å². The summed E-state index contributed by atoms with van der Waals surface area (Å²) in [4.78, 5) is 0. The zero-order valence-corrected chi connectivity index (χ0v) is 18.6. The molecule has 0 amide bonds. The van der Waals surface area contributed by atoms with Crippen molar-refractivity contribution in [1.29, 1.82) is 0 Å². The van der Waals surface area contributed by atoms with Crippen molar-refractivity contribution in [3.63, 3.8) is 0 Å². The fourth-order valence-corrected chi connectivity index (χ4v) is 4.03. The van der Waals surface area contributed by atoms with Crippen molar-refractivity contribution in [2.24, 2.45) is 0 Å². The summed E-state index contributed by atoms with van der Waals surface area (Å²) in [7, 11) is 0. The van der Waals surface area contributed by atoms with Gasteiger partial charge in [-0.3, -0.25) is 0 Å². The molecule has 0 aliphatic carbocycles. The van der Waals surface area contributed by atoms with Crippen LogP contribution in [-0.2, 0) is 15.9 Å². The number of benzene rings is 2. The molecule has 170 valence electrons. The highest BCUT2D eigenvalue weighted by molar-refractivity contribution is 5.66. The predicted octanol–water partition coefficient (Wildman–Crippen LogP) is 7.54. The van der Waals surface area contributed by atoms with Gasteiger partial charge in [0.1, 0.15) is 5.82 Å². The molecule has 5 heteroatoms. The van der Waals surface area contributed by atoms with Crippen molar-refractivity contribution in [3.05, 3.63) is 58.9 Å². The third kappa shape index (κ3) is 6.11. The maximum Gasteiger partial charge on any atom is 0.167 e. The third-order valence-corrected chi connectivity index (χ3v) is 5.95. The molecule has 1 fully saturated rings. The van der Waals surface area contributed by atoms with Crippen LogP contribution in [0.2, 0.25) is 0 Å². The minimum absolute atomic E-state index is 0.0492. The van der Waals surface area contributed by atoms with Crippen LogP contribution in [0.4, 0.5) is 13.2 Å². The first-order valence-electron chi connectivity index (χ1n) is 11.5. The van der Waals surface area contributed by atoms with Crippen LogP contribution in [-0.4, -0.2) is 19.3 Å². The number of hydrogen-bond acceptors (Lipinski definition) is 2. The Balaban J connectivity index is 1.65. The number of rotatable bonds is 10. The molecule has 0 bridgehead atoms. The second kappa shape index (κ2) is 11.7. The van der Waals surface area contributed by atoms with E-state index in [2.05, 4.69) is 6.92 Å². The van der Waals surface area contributed by atoms with Gasteiger partial charge in [0.15, 0.2) is 11.6 Å². The van der Waals surface area contributed by atoms with Crippen LogP contribution in [0.3, 0.4) is 0 Å². The zero-order chi connectivity index (χ0) is 22.2. The van der Waals surface area contributed by atoms with Gasteiger partial charge >= 0.3 is 0 Å². The lowest BCUT2D eigenvalue weighted by Crippen LogP contribution is -2.28. The molecule has 0 saturated carbocycles. The summed E-state index contributed by atoms with van der Waals surface area (Å²) >= 11 is 0. The van der Waals surface area contributed by atoms with E-state index >= 15 is 0 Å².